The molecule has 54 valence electrons. The Morgan fingerprint density at radius 1 is 1.40 bits per heavy atom. The fourth-order valence-corrected chi connectivity index (χ4v) is 0.986. The van der Waals surface area contributed by atoms with Crippen LogP contribution in [0.2, 0.25) is 0 Å². The number of rotatable bonds is 1. The third-order valence-electron chi connectivity index (χ3n) is 0.973. The van der Waals surface area contributed by atoms with Gasteiger partial charge in [-0.1, -0.05) is 0 Å². The average molecular weight is 161 g/mol. The molecule has 0 spiro atoms. The van der Waals surface area contributed by atoms with Gasteiger partial charge in [-0.2, -0.15) is 4.39 Å². The van der Waals surface area contributed by atoms with Gasteiger partial charge in [0.25, 0.3) is 0 Å². The van der Waals surface area contributed by atoms with E-state index in [9.17, 15) is 8.78 Å². The molecule has 0 aromatic carbocycles. The van der Waals surface area contributed by atoms with E-state index < -0.39 is 11.8 Å². The molecule has 0 amide bonds. The van der Waals surface area contributed by atoms with E-state index in [-0.39, 0.29) is 5.03 Å². The first-order valence-corrected chi connectivity index (χ1v) is 3.82. The molecule has 10 heavy (non-hydrogen) atoms. The molecule has 1 aromatic heterocycles. The average Bonchev–Trinajstić information content (AvgIpc) is 1.94. The van der Waals surface area contributed by atoms with Gasteiger partial charge in [0, 0.05) is 0 Å². The lowest BCUT2D eigenvalue weighted by Crippen LogP contribution is -1.88. The van der Waals surface area contributed by atoms with Gasteiger partial charge in [0.1, 0.15) is 5.03 Å². The highest BCUT2D eigenvalue weighted by Gasteiger charge is 2.02. The first-order valence-electron chi connectivity index (χ1n) is 2.60. The van der Waals surface area contributed by atoms with Crippen molar-refractivity contribution >= 4 is 11.8 Å². The summed E-state index contributed by atoms with van der Waals surface area (Å²) in [6.07, 6.45) is 1.64. The topological polar surface area (TPSA) is 12.9 Å². The Bertz CT molecular complexity index is 239. The van der Waals surface area contributed by atoms with Crippen LogP contribution in [0.3, 0.4) is 0 Å². The van der Waals surface area contributed by atoms with Gasteiger partial charge >= 0.3 is 0 Å². The van der Waals surface area contributed by atoms with Crippen LogP contribution in [-0.4, -0.2) is 11.2 Å². The molecule has 0 aliphatic carbocycles. The quantitative estimate of drug-likeness (QED) is 0.462. The molecule has 0 aliphatic rings. The Labute approximate surface area is 61.5 Å². The standard InChI is InChI=1S/C6H5F2NS/c1-10-6-4(7)2-3-5(8)9-6/h2-3H,1H3. The number of nitrogens with zero attached hydrogens (tertiary/aromatic N) is 1. The number of hydrogen-bond acceptors (Lipinski definition) is 2. The van der Waals surface area contributed by atoms with Gasteiger partial charge in [-0.3, -0.25) is 0 Å². The van der Waals surface area contributed by atoms with Crippen LogP contribution >= 0.6 is 11.8 Å². The molecule has 0 radical (unpaired) electrons. The second-order valence-corrected chi connectivity index (χ2v) is 2.42. The molecule has 1 heterocycles. The summed E-state index contributed by atoms with van der Waals surface area (Å²) in [7, 11) is 0. The predicted molar refractivity (Wildman–Crippen MR) is 35.9 cm³/mol. The van der Waals surface area contributed by atoms with Gasteiger partial charge in [-0.05, 0) is 18.4 Å². The van der Waals surface area contributed by atoms with Crippen molar-refractivity contribution in [3.63, 3.8) is 0 Å². The van der Waals surface area contributed by atoms with Crippen LogP contribution in [0.4, 0.5) is 8.78 Å². The zero-order valence-electron chi connectivity index (χ0n) is 5.27. The number of pyridine rings is 1. The summed E-state index contributed by atoms with van der Waals surface area (Å²) in [5, 5.41) is 0.0972. The minimum absolute atomic E-state index is 0.0972. The van der Waals surface area contributed by atoms with Crippen molar-refractivity contribution in [2.45, 2.75) is 5.03 Å². The van der Waals surface area contributed by atoms with Gasteiger partial charge in [0.2, 0.25) is 5.95 Å². The lowest BCUT2D eigenvalue weighted by Gasteiger charge is -1.95. The highest BCUT2D eigenvalue weighted by molar-refractivity contribution is 7.98. The predicted octanol–water partition coefficient (Wildman–Crippen LogP) is 2.08. The molecule has 0 bridgehead atoms. The van der Waals surface area contributed by atoms with Gasteiger partial charge < -0.3 is 0 Å². The van der Waals surface area contributed by atoms with E-state index in [1.54, 1.807) is 6.26 Å². The third kappa shape index (κ3) is 1.44. The Morgan fingerprint density at radius 3 is 2.60 bits per heavy atom. The Kier molecular flexibility index (Phi) is 2.21. The normalized spacial score (nSPS) is 9.90. The molecule has 0 unspecified atom stereocenters. The zero-order valence-corrected chi connectivity index (χ0v) is 6.08. The Hall–Kier alpha value is -0.640. The van der Waals surface area contributed by atoms with Crippen LogP contribution in [0.1, 0.15) is 0 Å². The summed E-state index contributed by atoms with van der Waals surface area (Å²) in [4.78, 5) is 3.31. The van der Waals surface area contributed by atoms with Crippen LogP contribution in [-0.2, 0) is 0 Å². The Balaban J connectivity index is 3.09. The third-order valence-corrected chi connectivity index (χ3v) is 1.65. The molecule has 0 N–H and O–H groups in total. The summed E-state index contributed by atoms with van der Waals surface area (Å²) < 4.78 is 24.8. The molecule has 0 saturated carbocycles. The molecule has 0 saturated heterocycles. The molecule has 1 rings (SSSR count). The minimum atomic E-state index is -0.647. The molecular weight excluding hydrogens is 156 g/mol. The summed E-state index contributed by atoms with van der Waals surface area (Å²) >= 11 is 1.08. The number of halogens is 2. The van der Waals surface area contributed by atoms with E-state index in [1.807, 2.05) is 0 Å². The van der Waals surface area contributed by atoms with Crippen molar-refractivity contribution in [2.24, 2.45) is 0 Å². The molecule has 0 atom stereocenters. The Morgan fingerprint density at radius 2 is 2.10 bits per heavy atom. The van der Waals surface area contributed by atoms with Crippen LogP contribution in [0.15, 0.2) is 17.2 Å². The van der Waals surface area contributed by atoms with Crippen molar-refractivity contribution in [2.75, 3.05) is 6.26 Å². The molecule has 1 nitrogen and oxygen atoms in total. The van der Waals surface area contributed by atoms with Crippen LogP contribution in [0, 0.1) is 11.8 Å². The van der Waals surface area contributed by atoms with E-state index in [0.717, 1.165) is 23.9 Å². The fourth-order valence-electron chi connectivity index (χ4n) is 0.544. The maximum Gasteiger partial charge on any atom is 0.214 e. The zero-order chi connectivity index (χ0) is 7.56. The number of hydrogen-bond donors (Lipinski definition) is 0. The SMILES string of the molecule is CSc1nc(F)ccc1F. The van der Waals surface area contributed by atoms with Gasteiger partial charge in [0.05, 0.1) is 0 Å². The molecule has 1 aromatic rings. The highest BCUT2D eigenvalue weighted by Crippen LogP contribution is 2.15. The monoisotopic (exact) mass is 161 g/mol. The first-order chi connectivity index (χ1) is 4.74. The van der Waals surface area contributed by atoms with E-state index in [4.69, 9.17) is 0 Å². The second-order valence-electron chi connectivity index (χ2n) is 1.63. The molecule has 4 heteroatoms. The van der Waals surface area contributed by atoms with Crippen molar-refractivity contribution in [1.82, 2.24) is 4.98 Å². The lowest BCUT2D eigenvalue weighted by atomic mass is 10.5. The van der Waals surface area contributed by atoms with Crippen molar-refractivity contribution in [3.8, 4) is 0 Å². The number of thioether (sulfide) groups is 1. The molecular formula is C6H5F2NS. The minimum Gasteiger partial charge on any atom is -0.210 e. The van der Waals surface area contributed by atoms with Crippen molar-refractivity contribution in [3.05, 3.63) is 23.9 Å². The van der Waals surface area contributed by atoms with Crippen LogP contribution in [0.25, 0.3) is 0 Å². The second kappa shape index (κ2) is 2.96. The van der Waals surface area contributed by atoms with E-state index >= 15 is 0 Å². The largest absolute Gasteiger partial charge is 0.214 e. The maximum atomic E-state index is 12.5. The summed E-state index contributed by atoms with van der Waals surface area (Å²) in [6, 6.07) is 2.06. The van der Waals surface area contributed by atoms with Gasteiger partial charge in [-0.15, -0.1) is 11.8 Å². The van der Waals surface area contributed by atoms with E-state index in [2.05, 4.69) is 4.98 Å². The van der Waals surface area contributed by atoms with Crippen LogP contribution < -0.4 is 0 Å². The molecule has 0 fully saturated rings. The van der Waals surface area contributed by atoms with E-state index in [1.165, 1.54) is 0 Å². The number of aromatic nitrogens is 1. The summed E-state index contributed by atoms with van der Waals surface area (Å²) in [5.74, 6) is -1.13. The van der Waals surface area contributed by atoms with E-state index in [0.29, 0.717) is 0 Å². The van der Waals surface area contributed by atoms with Crippen LogP contribution in [0.5, 0.6) is 0 Å². The van der Waals surface area contributed by atoms with Crippen molar-refractivity contribution < 1.29 is 8.78 Å². The summed E-state index contributed by atoms with van der Waals surface area (Å²) in [5.41, 5.74) is 0. The fraction of sp³-hybridized carbons (Fsp3) is 0.167. The lowest BCUT2D eigenvalue weighted by molar-refractivity contribution is 0.530. The first kappa shape index (κ1) is 7.47. The maximum absolute atomic E-state index is 12.5. The molecule has 0 aliphatic heterocycles. The highest BCUT2D eigenvalue weighted by atomic mass is 32.2. The smallest absolute Gasteiger partial charge is 0.210 e. The van der Waals surface area contributed by atoms with Gasteiger partial charge in [0.15, 0.2) is 5.82 Å². The van der Waals surface area contributed by atoms with Gasteiger partial charge in [-0.25, -0.2) is 9.37 Å². The van der Waals surface area contributed by atoms with Crippen molar-refractivity contribution in [1.29, 1.82) is 0 Å². The summed E-state index contributed by atoms with van der Waals surface area (Å²) in [6.45, 7) is 0.